The van der Waals surface area contributed by atoms with Crippen LogP contribution in [0.15, 0.2) is 12.7 Å². The Kier molecular flexibility index (Phi) is 7.68. The molecule has 0 amide bonds. The number of rotatable bonds is 7. The molecule has 0 bridgehead atoms. The fourth-order valence-electron chi connectivity index (χ4n) is 2.33. The minimum Gasteiger partial charge on any atom is -0.393 e. The van der Waals surface area contributed by atoms with Gasteiger partial charge in [-0.25, -0.2) is 0 Å². The van der Waals surface area contributed by atoms with Crippen molar-refractivity contribution in [2.75, 3.05) is 0 Å². The molecule has 1 rings (SSSR count). The van der Waals surface area contributed by atoms with Crippen molar-refractivity contribution in [2.24, 2.45) is 5.92 Å². The van der Waals surface area contributed by atoms with Crippen molar-refractivity contribution in [2.45, 2.75) is 69.6 Å². The quantitative estimate of drug-likeness (QED) is 0.712. The van der Waals surface area contributed by atoms with Crippen molar-refractivity contribution in [1.82, 2.24) is 0 Å². The molecule has 1 aliphatic carbocycles. The van der Waals surface area contributed by atoms with Gasteiger partial charge in [-0.1, -0.05) is 44.0 Å². The standard InChI is InChI=1S/C15H26O2S/c1-3-7-13(16)11-10-12(2)15(17)18-14-8-5-4-6-9-14/h3,12-14,16H,1,4-11H2,2H3. The van der Waals surface area contributed by atoms with Crippen LogP contribution in [0.25, 0.3) is 0 Å². The molecule has 18 heavy (non-hydrogen) atoms. The van der Waals surface area contributed by atoms with Gasteiger partial charge in [0.1, 0.15) is 0 Å². The van der Waals surface area contributed by atoms with E-state index in [2.05, 4.69) is 6.58 Å². The lowest BCUT2D eigenvalue weighted by Crippen LogP contribution is -2.17. The molecule has 104 valence electrons. The minimum absolute atomic E-state index is 0.0661. The van der Waals surface area contributed by atoms with Crippen molar-refractivity contribution in [3.8, 4) is 0 Å². The highest BCUT2D eigenvalue weighted by Crippen LogP contribution is 2.31. The summed E-state index contributed by atoms with van der Waals surface area (Å²) in [5, 5.41) is 10.5. The second-order valence-electron chi connectivity index (χ2n) is 5.35. The molecule has 0 aromatic rings. The Morgan fingerprint density at radius 3 is 2.67 bits per heavy atom. The van der Waals surface area contributed by atoms with Crippen LogP contribution in [0, 0.1) is 5.92 Å². The lowest BCUT2D eigenvalue weighted by atomic mass is 10.0. The third-order valence-corrected chi connectivity index (χ3v) is 5.05. The second-order valence-corrected chi connectivity index (χ2v) is 6.66. The van der Waals surface area contributed by atoms with Crippen molar-refractivity contribution in [3.05, 3.63) is 12.7 Å². The highest BCUT2D eigenvalue weighted by atomic mass is 32.2. The van der Waals surface area contributed by atoms with E-state index < -0.39 is 0 Å². The molecule has 1 N–H and O–H groups in total. The number of carbonyl (C=O) groups excluding carboxylic acids is 1. The SMILES string of the molecule is C=CCC(O)CCC(C)C(=O)SC1CCCCC1. The molecule has 1 aliphatic rings. The highest BCUT2D eigenvalue weighted by molar-refractivity contribution is 8.14. The summed E-state index contributed by atoms with van der Waals surface area (Å²) in [6, 6.07) is 0. The molecule has 1 fully saturated rings. The average molecular weight is 270 g/mol. The van der Waals surface area contributed by atoms with Gasteiger partial charge in [0.15, 0.2) is 5.12 Å². The van der Waals surface area contributed by atoms with Crippen LogP contribution in [0.5, 0.6) is 0 Å². The van der Waals surface area contributed by atoms with E-state index in [9.17, 15) is 9.90 Å². The monoisotopic (exact) mass is 270 g/mol. The Balaban J connectivity index is 2.21. The molecule has 0 saturated heterocycles. The van der Waals surface area contributed by atoms with E-state index in [1.165, 1.54) is 32.1 Å². The summed E-state index contributed by atoms with van der Waals surface area (Å²) < 4.78 is 0. The van der Waals surface area contributed by atoms with Crippen molar-refractivity contribution in [1.29, 1.82) is 0 Å². The molecule has 2 unspecified atom stereocenters. The molecule has 0 spiro atoms. The first-order valence-corrected chi connectivity index (χ1v) is 8.01. The van der Waals surface area contributed by atoms with E-state index in [-0.39, 0.29) is 12.0 Å². The number of hydrogen-bond acceptors (Lipinski definition) is 3. The topological polar surface area (TPSA) is 37.3 Å². The third-order valence-electron chi connectivity index (χ3n) is 3.61. The number of aliphatic hydroxyl groups is 1. The molecule has 0 aliphatic heterocycles. The maximum Gasteiger partial charge on any atom is 0.192 e. The first-order chi connectivity index (χ1) is 8.63. The van der Waals surface area contributed by atoms with E-state index in [1.807, 2.05) is 6.92 Å². The van der Waals surface area contributed by atoms with E-state index >= 15 is 0 Å². The molecular weight excluding hydrogens is 244 g/mol. The van der Waals surface area contributed by atoms with Crippen LogP contribution in [0.1, 0.15) is 58.3 Å². The molecule has 0 radical (unpaired) electrons. The van der Waals surface area contributed by atoms with E-state index in [0.29, 0.717) is 23.2 Å². The molecule has 0 aromatic carbocycles. The maximum atomic E-state index is 12.0. The second kappa shape index (κ2) is 8.76. The lowest BCUT2D eigenvalue weighted by Gasteiger charge is -2.21. The molecule has 3 heteroatoms. The van der Waals surface area contributed by atoms with Crippen molar-refractivity contribution in [3.63, 3.8) is 0 Å². The fraction of sp³-hybridized carbons (Fsp3) is 0.800. The normalized spacial score (nSPS) is 20.3. The summed E-state index contributed by atoms with van der Waals surface area (Å²) in [7, 11) is 0. The zero-order valence-corrected chi connectivity index (χ0v) is 12.3. The molecule has 2 nitrogen and oxygen atoms in total. The summed E-state index contributed by atoms with van der Waals surface area (Å²) >= 11 is 1.55. The van der Waals surface area contributed by atoms with Crippen molar-refractivity contribution < 1.29 is 9.90 Å². The van der Waals surface area contributed by atoms with Crippen LogP contribution in [0.3, 0.4) is 0 Å². The van der Waals surface area contributed by atoms with Crippen LogP contribution in [0.2, 0.25) is 0 Å². The van der Waals surface area contributed by atoms with Gasteiger partial charge >= 0.3 is 0 Å². The van der Waals surface area contributed by atoms with Gasteiger partial charge in [0.2, 0.25) is 0 Å². The fourth-order valence-corrected chi connectivity index (χ4v) is 3.58. The molecule has 2 atom stereocenters. The number of hydrogen-bond donors (Lipinski definition) is 1. The van der Waals surface area contributed by atoms with Crippen LogP contribution in [0.4, 0.5) is 0 Å². The Morgan fingerprint density at radius 2 is 2.06 bits per heavy atom. The van der Waals surface area contributed by atoms with Gasteiger partial charge < -0.3 is 5.11 Å². The van der Waals surface area contributed by atoms with Crippen LogP contribution in [-0.2, 0) is 4.79 Å². The van der Waals surface area contributed by atoms with E-state index in [4.69, 9.17) is 0 Å². The summed E-state index contributed by atoms with van der Waals surface area (Å²) in [6.45, 7) is 5.59. The van der Waals surface area contributed by atoms with Gasteiger partial charge in [-0.3, -0.25) is 4.79 Å². The lowest BCUT2D eigenvalue weighted by molar-refractivity contribution is -0.114. The van der Waals surface area contributed by atoms with E-state index in [0.717, 1.165) is 6.42 Å². The Labute approximate surface area is 115 Å². The van der Waals surface area contributed by atoms with Crippen LogP contribution in [-0.4, -0.2) is 21.6 Å². The third kappa shape index (κ3) is 6.05. The predicted octanol–water partition coefficient (Wildman–Crippen LogP) is 3.93. The number of thioether (sulfide) groups is 1. The molecule has 0 heterocycles. The molecule has 1 saturated carbocycles. The first-order valence-electron chi connectivity index (χ1n) is 7.13. The van der Waals surface area contributed by atoms with Gasteiger partial charge in [0, 0.05) is 11.2 Å². The smallest absolute Gasteiger partial charge is 0.192 e. The summed E-state index contributed by atoms with van der Waals surface area (Å²) in [6.07, 6.45) is 9.77. The Morgan fingerprint density at radius 1 is 1.39 bits per heavy atom. The zero-order valence-electron chi connectivity index (χ0n) is 11.4. The molecular formula is C15H26O2S. The van der Waals surface area contributed by atoms with Gasteiger partial charge in [0.05, 0.1) is 6.10 Å². The molecule has 0 aromatic heterocycles. The van der Waals surface area contributed by atoms with Crippen LogP contribution >= 0.6 is 11.8 Å². The summed E-state index contributed by atoms with van der Waals surface area (Å²) in [5.41, 5.74) is 0. The van der Waals surface area contributed by atoms with Gasteiger partial charge in [-0.2, -0.15) is 0 Å². The summed E-state index contributed by atoms with van der Waals surface area (Å²) in [4.78, 5) is 12.0. The Hall–Kier alpha value is -0.280. The van der Waals surface area contributed by atoms with Crippen LogP contribution < -0.4 is 0 Å². The Bertz CT molecular complexity index is 259. The van der Waals surface area contributed by atoms with Gasteiger partial charge in [0.25, 0.3) is 0 Å². The summed E-state index contributed by atoms with van der Waals surface area (Å²) in [5.74, 6) is 0.0661. The maximum absolute atomic E-state index is 12.0. The predicted molar refractivity (Wildman–Crippen MR) is 78.7 cm³/mol. The van der Waals surface area contributed by atoms with Gasteiger partial charge in [-0.15, -0.1) is 6.58 Å². The highest BCUT2D eigenvalue weighted by Gasteiger charge is 2.21. The number of aliphatic hydroxyl groups excluding tert-OH is 1. The van der Waals surface area contributed by atoms with Gasteiger partial charge in [-0.05, 0) is 32.1 Å². The zero-order chi connectivity index (χ0) is 13.4. The average Bonchev–Trinajstić information content (AvgIpc) is 2.37. The number of carbonyl (C=O) groups is 1. The largest absolute Gasteiger partial charge is 0.393 e. The first kappa shape index (κ1) is 15.8. The minimum atomic E-state index is -0.336. The van der Waals surface area contributed by atoms with E-state index in [1.54, 1.807) is 17.8 Å². The van der Waals surface area contributed by atoms with Crippen molar-refractivity contribution >= 4 is 16.9 Å².